The minimum absolute atomic E-state index is 0.372. The molecule has 0 fully saturated rings. The first kappa shape index (κ1) is 35.5. The highest BCUT2D eigenvalue weighted by molar-refractivity contribution is 6.12. The molecule has 0 amide bonds. The van der Waals surface area contributed by atoms with Gasteiger partial charge in [-0.15, -0.1) is 0 Å². The van der Waals surface area contributed by atoms with Crippen molar-refractivity contribution in [2.24, 2.45) is 0 Å². The van der Waals surface area contributed by atoms with E-state index in [2.05, 4.69) is 34.9 Å². The van der Waals surface area contributed by atoms with E-state index in [-0.39, 0.29) is 0 Å². The number of hydrogen-bond acceptors (Lipinski definition) is 8. The predicted molar refractivity (Wildman–Crippen MR) is 225 cm³/mol. The Morgan fingerprint density at radius 2 is 0.797 bits per heavy atom. The molecule has 0 aliphatic carbocycles. The minimum Gasteiger partial charge on any atom is -0.308 e. The van der Waals surface area contributed by atoms with Gasteiger partial charge in [-0.2, -0.15) is 26.3 Å². The van der Waals surface area contributed by atoms with Crippen molar-refractivity contribution in [3.8, 4) is 92.5 Å². The lowest BCUT2D eigenvalue weighted by Gasteiger charge is -2.15. The van der Waals surface area contributed by atoms with E-state index in [0.29, 0.717) is 67.7 Å². The van der Waals surface area contributed by atoms with Crippen LogP contribution in [-0.2, 0) is 0 Å². The van der Waals surface area contributed by atoms with E-state index in [1.807, 2.05) is 103 Å². The highest BCUT2D eigenvalue weighted by atomic mass is 15.1. The Morgan fingerprint density at radius 1 is 0.356 bits per heavy atom. The van der Waals surface area contributed by atoms with Crippen molar-refractivity contribution in [1.29, 1.82) is 26.3 Å². The Hall–Kier alpha value is -9.20. The zero-order valence-corrected chi connectivity index (χ0v) is 31.0. The summed E-state index contributed by atoms with van der Waals surface area (Å²) in [5.41, 5.74) is 9.41. The average molecular weight is 752 g/mol. The normalized spacial score (nSPS) is 10.6. The van der Waals surface area contributed by atoms with Gasteiger partial charge in [0.05, 0.1) is 74.9 Å². The van der Waals surface area contributed by atoms with Gasteiger partial charge in [0, 0.05) is 27.5 Å². The van der Waals surface area contributed by atoms with E-state index in [0.717, 1.165) is 44.1 Å². The van der Waals surface area contributed by atoms with Gasteiger partial charge < -0.3 is 4.57 Å². The van der Waals surface area contributed by atoms with Crippen LogP contribution in [-0.4, -0.2) is 19.5 Å². The summed E-state index contributed by atoms with van der Waals surface area (Å²) >= 11 is 0. The molecule has 0 bridgehead atoms. The molecule has 59 heavy (non-hydrogen) atoms. The van der Waals surface area contributed by atoms with Crippen molar-refractivity contribution < 1.29 is 0 Å². The van der Waals surface area contributed by atoms with E-state index in [4.69, 9.17) is 15.0 Å². The van der Waals surface area contributed by atoms with Gasteiger partial charge in [-0.25, -0.2) is 15.0 Å². The smallest absolute Gasteiger partial charge is 0.166 e. The largest absolute Gasteiger partial charge is 0.308 e. The molecule has 9 nitrogen and oxygen atoms in total. The summed E-state index contributed by atoms with van der Waals surface area (Å²) < 4.78 is 2.11. The Morgan fingerprint density at radius 3 is 1.25 bits per heavy atom. The summed E-state index contributed by atoms with van der Waals surface area (Å²) in [5, 5.41) is 51.1. The number of nitriles is 5. The maximum absolute atomic E-state index is 10.2. The molecule has 270 valence electrons. The van der Waals surface area contributed by atoms with Crippen molar-refractivity contribution in [2.45, 2.75) is 0 Å². The van der Waals surface area contributed by atoms with Crippen LogP contribution in [0.4, 0.5) is 0 Å². The second kappa shape index (κ2) is 14.8. The number of hydrogen-bond donors (Lipinski definition) is 0. The van der Waals surface area contributed by atoms with Crippen molar-refractivity contribution >= 4 is 21.8 Å². The van der Waals surface area contributed by atoms with E-state index >= 15 is 0 Å². The molecule has 0 aliphatic heterocycles. The van der Waals surface area contributed by atoms with Gasteiger partial charge in [0.25, 0.3) is 0 Å². The topological polar surface area (TPSA) is 163 Å². The molecule has 0 spiro atoms. The van der Waals surface area contributed by atoms with Gasteiger partial charge in [-0.1, -0.05) is 84.9 Å². The lowest BCUT2D eigenvalue weighted by Crippen LogP contribution is -2.04. The Bertz CT molecular complexity index is 3200. The molecular formula is C50H25N9. The lowest BCUT2D eigenvalue weighted by molar-refractivity contribution is 1.06. The van der Waals surface area contributed by atoms with Gasteiger partial charge in [-0.05, 0) is 89.0 Å². The average Bonchev–Trinajstić information content (AvgIpc) is 3.63. The van der Waals surface area contributed by atoms with E-state index in [1.54, 1.807) is 48.5 Å². The summed E-state index contributed by atoms with van der Waals surface area (Å²) in [6.45, 7) is 0. The summed E-state index contributed by atoms with van der Waals surface area (Å²) in [6.07, 6.45) is 0. The first-order valence-corrected chi connectivity index (χ1v) is 18.4. The Labute approximate surface area is 338 Å². The minimum atomic E-state index is 0.372. The summed E-state index contributed by atoms with van der Waals surface area (Å²) in [4.78, 5) is 14.9. The van der Waals surface area contributed by atoms with Gasteiger partial charge in [-0.3, -0.25) is 0 Å². The van der Waals surface area contributed by atoms with Crippen LogP contribution in [0.2, 0.25) is 0 Å². The summed E-state index contributed by atoms with van der Waals surface area (Å²) in [6, 6.07) is 57.9. The fourth-order valence-electron chi connectivity index (χ4n) is 7.44. The fraction of sp³-hybridized carbons (Fsp3) is 0. The van der Waals surface area contributed by atoms with Crippen molar-refractivity contribution in [2.75, 3.05) is 0 Å². The third kappa shape index (κ3) is 6.34. The highest BCUT2D eigenvalue weighted by Crippen LogP contribution is 2.41. The number of nitrogens with zero attached hydrogens (tertiary/aromatic N) is 9. The van der Waals surface area contributed by atoms with E-state index in [1.165, 1.54) is 0 Å². The summed E-state index contributed by atoms with van der Waals surface area (Å²) in [7, 11) is 0. The quantitative estimate of drug-likeness (QED) is 0.162. The monoisotopic (exact) mass is 751 g/mol. The molecule has 0 unspecified atom stereocenters. The molecular weight excluding hydrogens is 727 g/mol. The van der Waals surface area contributed by atoms with Crippen LogP contribution in [0.3, 0.4) is 0 Å². The molecule has 9 heteroatoms. The van der Waals surface area contributed by atoms with Gasteiger partial charge in [0.1, 0.15) is 0 Å². The molecule has 0 aliphatic rings. The van der Waals surface area contributed by atoms with Crippen LogP contribution < -0.4 is 0 Å². The molecule has 2 aromatic heterocycles. The molecule has 9 aromatic rings. The second-order valence-corrected chi connectivity index (χ2v) is 13.6. The van der Waals surface area contributed by atoms with Crippen molar-refractivity contribution in [3.05, 3.63) is 179 Å². The molecule has 0 saturated carbocycles. The molecule has 0 atom stereocenters. The molecule has 7 aromatic carbocycles. The van der Waals surface area contributed by atoms with Gasteiger partial charge in [0.15, 0.2) is 17.5 Å². The van der Waals surface area contributed by atoms with Crippen LogP contribution in [0.25, 0.3) is 83.9 Å². The Kier molecular flexibility index (Phi) is 8.90. The lowest BCUT2D eigenvalue weighted by atomic mass is 9.95. The molecule has 0 N–H and O–H groups in total. The van der Waals surface area contributed by atoms with Gasteiger partial charge >= 0.3 is 0 Å². The third-order valence-corrected chi connectivity index (χ3v) is 10.2. The first-order valence-electron chi connectivity index (χ1n) is 18.4. The standard InChI is InChI=1S/C50H25N9/c51-26-31-11-16-40(38(21-31)29-54)36-14-19-45-42(24-36)43-25-37(41-17-12-32(27-52)22-39(41)30-55)15-20-46(43)59(45)47-18-13-33(28-53)23-44(47)50-57-48(34-7-3-1-4-8-34)56-49(58-50)35-9-5-2-6-10-35/h1-25H. The van der Waals surface area contributed by atoms with Crippen LogP contribution >= 0.6 is 0 Å². The zero-order valence-electron chi connectivity index (χ0n) is 31.0. The number of fused-ring (bicyclic) bond motifs is 3. The maximum atomic E-state index is 10.2. The second-order valence-electron chi connectivity index (χ2n) is 13.6. The molecule has 0 radical (unpaired) electrons. The van der Waals surface area contributed by atoms with E-state index in [9.17, 15) is 26.3 Å². The fourth-order valence-corrected chi connectivity index (χ4v) is 7.44. The predicted octanol–water partition coefficient (Wildman–Crippen LogP) is 10.7. The highest BCUT2D eigenvalue weighted by Gasteiger charge is 2.22. The SMILES string of the molecule is N#Cc1ccc(-c2ccc3c(c2)c2cc(-c4ccc(C#N)cc4C#N)ccc2n3-c2ccc(C#N)cc2-c2nc(-c3ccccc3)nc(-c3ccccc3)n2)c(C#N)c1. The number of benzene rings is 7. The Balaban J connectivity index is 1.34. The maximum Gasteiger partial charge on any atom is 0.166 e. The van der Waals surface area contributed by atoms with Crippen LogP contribution in [0.15, 0.2) is 152 Å². The third-order valence-electron chi connectivity index (χ3n) is 10.2. The molecule has 2 heterocycles. The zero-order chi connectivity index (χ0) is 40.5. The summed E-state index contributed by atoms with van der Waals surface area (Å²) in [5.74, 6) is 1.33. The van der Waals surface area contributed by atoms with E-state index < -0.39 is 0 Å². The van der Waals surface area contributed by atoms with Crippen LogP contribution in [0, 0.1) is 56.7 Å². The number of aromatic nitrogens is 4. The van der Waals surface area contributed by atoms with Crippen molar-refractivity contribution in [3.63, 3.8) is 0 Å². The van der Waals surface area contributed by atoms with Crippen LogP contribution in [0.1, 0.15) is 27.8 Å². The van der Waals surface area contributed by atoms with Crippen LogP contribution in [0.5, 0.6) is 0 Å². The first-order chi connectivity index (χ1) is 29.0. The van der Waals surface area contributed by atoms with Gasteiger partial charge in [0.2, 0.25) is 0 Å². The van der Waals surface area contributed by atoms with Crippen molar-refractivity contribution in [1.82, 2.24) is 19.5 Å². The molecule has 9 rings (SSSR count). The number of rotatable bonds is 6. The molecule has 0 saturated heterocycles.